The summed E-state index contributed by atoms with van der Waals surface area (Å²) in [4.78, 5) is 10.9. The molecule has 0 aliphatic heterocycles. The van der Waals surface area contributed by atoms with Crippen LogP contribution in [-0.4, -0.2) is 4.09 Å². The van der Waals surface area contributed by atoms with Gasteiger partial charge in [-0.1, -0.05) is 0 Å². The summed E-state index contributed by atoms with van der Waals surface area (Å²) >= 11 is 1.70. The summed E-state index contributed by atoms with van der Waals surface area (Å²) in [6.45, 7) is 4.24. The van der Waals surface area contributed by atoms with E-state index in [-0.39, 0.29) is 0 Å². The fraction of sp³-hybridized carbons (Fsp3) is 0.875. The molecule has 0 rings (SSSR count). The summed E-state index contributed by atoms with van der Waals surface area (Å²) in [6.07, 6.45) is 4.49. The number of rotatable bonds is 5. The van der Waals surface area contributed by atoms with E-state index in [4.69, 9.17) is 0 Å². The Morgan fingerprint density at radius 1 is 1.50 bits per heavy atom. The second-order valence-corrected chi connectivity index (χ2v) is 3.38. The Morgan fingerprint density at radius 3 is 2.40 bits per heavy atom. The summed E-state index contributed by atoms with van der Waals surface area (Å²) in [7, 11) is 0. The van der Waals surface area contributed by atoms with E-state index in [0.717, 1.165) is 12.8 Å². The molecule has 0 aliphatic rings. The van der Waals surface area contributed by atoms with Crippen molar-refractivity contribution in [2.24, 2.45) is 5.92 Å². The molecule has 0 aromatic heterocycles. The summed E-state index contributed by atoms with van der Waals surface area (Å²) in [5.41, 5.74) is 0. The zero-order chi connectivity index (χ0) is 7.98. The molecule has 0 saturated carbocycles. The van der Waals surface area contributed by atoms with Gasteiger partial charge < -0.3 is 0 Å². The van der Waals surface area contributed by atoms with Crippen molar-refractivity contribution in [3.8, 4) is 0 Å². The molecule has 0 bridgehead atoms. The third-order valence-corrected chi connectivity index (χ3v) is 2.41. The second-order valence-electron chi connectivity index (χ2n) is 2.61. The third kappa shape index (κ3) is 4.24. The maximum absolute atomic E-state index is 10.9. The third-order valence-electron chi connectivity index (χ3n) is 1.77. The van der Waals surface area contributed by atoms with Gasteiger partial charge in [0.2, 0.25) is 0 Å². The van der Waals surface area contributed by atoms with Crippen LogP contribution in [0.4, 0.5) is 0 Å². The van der Waals surface area contributed by atoms with Crippen LogP contribution in [0.1, 0.15) is 39.5 Å². The second kappa shape index (κ2) is 6.12. The maximum atomic E-state index is 10.9. The molecule has 10 heavy (non-hydrogen) atoms. The Kier molecular flexibility index (Phi) is 6.35. The van der Waals surface area contributed by atoms with Gasteiger partial charge in [0.15, 0.2) is 0 Å². The van der Waals surface area contributed by atoms with E-state index in [1.807, 2.05) is 0 Å². The molecule has 0 radical (unpaired) electrons. The fourth-order valence-corrected chi connectivity index (χ4v) is 1.52. The van der Waals surface area contributed by atoms with E-state index in [1.165, 1.54) is 12.8 Å². The van der Waals surface area contributed by atoms with Crippen molar-refractivity contribution in [2.45, 2.75) is 39.5 Å². The molecule has 2 heteroatoms. The number of carbonyl (C=O) groups is 1. The first-order valence-corrected chi connectivity index (χ1v) is 4.75. The average Bonchev–Trinajstić information content (AvgIpc) is 1.89. The molecule has 0 saturated heterocycles. The van der Waals surface area contributed by atoms with E-state index in [0.29, 0.717) is 10.0 Å². The zero-order valence-electron chi connectivity index (χ0n) is 6.81. The molecular weight excluding hydrogens is 160 g/mol. The SMILES string of the molecule is CCCCC(CC)[C](=O)[Ti]. The summed E-state index contributed by atoms with van der Waals surface area (Å²) < 4.78 is 0.357. The van der Waals surface area contributed by atoms with Crippen LogP contribution in [0.25, 0.3) is 0 Å². The minimum atomic E-state index is 0.333. The molecule has 0 spiro atoms. The van der Waals surface area contributed by atoms with Crippen LogP contribution < -0.4 is 0 Å². The molecule has 0 heterocycles. The van der Waals surface area contributed by atoms with Gasteiger partial charge in [0.05, 0.1) is 0 Å². The Bertz CT molecular complexity index is 101. The van der Waals surface area contributed by atoms with Gasteiger partial charge in [0.25, 0.3) is 0 Å². The van der Waals surface area contributed by atoms with Crippen molar-refractivity contribution in [1.29, 1.82) is 0 Å². The number of carbonyl (C=O) groups excluding carboxylic acids is 1. The van der Waals surface area contributed by atoms with E-state index in [1.54, 1.807) is 20.4 Å². The van der Waals surface area contributed by atoms with Crippen LogP contribution >= 0.6 is 0 Å². The van der Waals surface area contributed by atoms with E-state index in [9.17, 15) is 4.79 Å². The van der Waals surface area contributed by atoms with E-state index < -0.39 is 0 Å². The fourth-order valence-electron chi connectivity index (χ4n) is 0.971. The molecule has 0 aliphatic carbocycles. The Hall–Kier alpha value is 0.384. The van der Waals surface area contributed by atoms with Crippen LogP contribution in [0.2, 0.25) is 0 Å². The quantitative estimate of drug-likeness (QED) is 0.585. The minimum absolute atomic E-state index is 0.333. The van der Waals surface area contributed by atoms with Crippen molar-refractivity contribution in [3.63, 3.8) is 0 Å². The van der Waals surface area contributed by atoms with Crippen LogP contribution in [0.15, 0.2) is 0 Å². The van der Waals surface area contributed by atoms with Gasteiger partial charge in [-0.25, -0.2) is 0 Å². The molecule has 57 valence electrons. The Balaban J connectivity index is 3.50. The molecule has 0 fully saturated rings. The van der Waals surface area contributed by atoms with Gasteiger partial charge in [-0.05, 0) is 0 Å². The number of unbranched alkanes of at least 4 members (excludes halogenated alkanes) is 1. The van der Waals surface area contributed by atoms with Crippen molar-refractivity contribution < 1.29 is 25.2 Å². The van der Waals surface area contributed by atoms with Gasteiger partial charge in [-0.3, -0.25) is 0 Å². The molecule has 0 N–H and O–H groups in total. The van der Waals surface area contributed by atoms with Crippen molar-refractivity contribution in [2.75, 3.05) is 0 Å². The molecule has 0 aromatic rings. The molecular formula is C8H15OTi. The summed E-state index contributed by atoms with van der Waals surface area (Å²) in [5.74, 6) is 0.333. The van der Waals surface area contributed by atoms with Crippen molar-refractivity contribution in [3.05, 3.63) is 0 Å². The van der Waals surface area contributed by atoms with Gasteiger partial charge in [0.1, 0.15) is 0 Å². The normalized spacial score (nSPS) is 12.9. The summed E-state index contributed by atoms with van der Waals surface area (Å²) in [6, 6.07) is 0. The van der Waals surface area contributed by atoms with Gasteiger partial charge in [0, 0.05) is 0 Å². The standard InChI is InChI=1S/C8H15O.Ti/c1-3-5-6-8(4-2)7-9;/h8H,3-6H2,1-2H3;. The number of hydrogen-bond donors (Lipinski definition) is 0. The van der Waals surface area contributed by atoms with Crippen LogP contribution in [0.3, 0.4) is 0 Å². The van der Waals surface area contributed by atoms with Crippen molar-refractivity contribution >= 4 is 4.09 Å². The first-order chi connectivity index (χ1) is 4.72. The first-order valence-electron chi connectivity index (χ1n) is 3.97. The summed E-state index contributed by atoms with van der Waals surface area (Å²) in [5, 5.41) is 0. The average molecular weight is 175 g/mol. The molecule has 1 unspecified atom stereocenters. The molecule has 0 aromatic carbocycles. The van der Waals surface area contributed by atoms with Crippen LogP contribution in [-0.2, 0) is 25.2 Å². The molecule has 1 nitrogen and oxygen atoms in total. The first kappa shape index (κ1) is 10.4. The zero-order valence-corrected chi connectivity index (χ0v) is 8.38. The Morgan fingerprint density at radius 2 is 2.10 bits per heavy atom. The monoisotopic (exact) mass is 175 g/mol. The topological polar surface area (TPSA) is 17.1 Å². The van der Waals surface area contributed by atoms with Crippen molar-refractivity contribution in [1.82, 2.24) is 0 Å². The molecule has 1 atom stereocenters. The van der Waals surface area contributed by atoms with E-state index >= 15 is 0 Å². The van der Waals surface area contributed by atoms with Crippen LogP contribution in [0, 0.1) is 5.92 Å². The predicted molar refractivity (Wildman–Crippen MR) is 38.3 cm³/mol. The van der Waals surface area contributed by atoms with Crippen LogP contribution in [0.5, 0.6) is 0 Å². The van der Waals surface area contributed by atoms with Gasteiger partial charge in [-0.15, -0.1) is 0 Å². The predicted octanol–water partition coefficient (Wildman–Crippen LogP) is 2.28. The number of hydrogen-bond acceptors (Lipinski definition) is 1. The van der Waals surface area contributed by atoms with E-state index in [2.05, 4.69) is 13.8 Å². The van der Waals surface area contributed by atoms with Gasteiger partial charge >= 0.3 is 74.8 Å². The molecule has 0 amide bonds. The Labute approximate surface area is 75.0 Å². The van der Waals surface area contributed by atoms with Gasteiger partial charge in [-0.2, -0.15) is 0 Å².